The van der Waals surface area contributed by atoms with E-state index in [-0.39, 0.29) is 305 Å². The van der Waals surface area contributed by atoms with Crippen LogP contribution in [-0.2, 0) is 264 Å². The van der Waals surface area contributed by atoms with E-state index < -0.39 is 7.60 Å². The summed E-state index contributed by atoms with van der Waals surface area (Å²) in [4.78, 5) is 62.0. The van der Waals surface area contributed by atoms with Gasteiger partial charge in [0.05, 0.1) is 31.6 Å². The predicted octanol–water partition coefficient (Wildman–Crippen LogP) is 15.1. The molecule has 4 heterocycles. The van der Waals surface area contributed by atoms with Gasteiger partial charge >= 0.3 is 19.5 Å². The number of rotatable bonds is 19. The first-order valence-corrected chi connectivity index (χ1v) is 33.9. The Morgan fingerprint density at radius 1 is 0.566 bits per heavy atom. The second-order valence-corrected chi connectivity index (χ2v) is 26.7. The molecule has 538 valence electrons. The molecule has 14 nitrogen and oxygen atoms in total. The van der Waals surface area contributed by atoms with Crippen LogP contribution in [0.3, 0.4) is 0 Å². The van der Waals surface area contributed by atoms with Crippen LogP contribution in [0.2, 0.25) is 0 Å². The minimum atomic E-state index is -3.02. The summed E-state index contributed by atoms with van der Waals surface area (Å²) < 4.78 is 33.1. The molecule has 0 amide bonds. The van der Waals surface area contributed by atoms with Crippen LogP contribution in [0.25, 0.3) is 18.2 Å². The molecule has 1 N–H and O–H groups in total. The molecule has 0 aromatic carbocycles. The summed E-state index contributed by atoms with van der Waals surface area (Å²) in [6.45, 7) is 40.3. The van der Waals surface area contributed by atoms with Crippen LogP contribution in [0.15, 0.2) is 91.5 Å². The zero-order valence-electron chi connectivity index (χ0n) is 59.8. The monoisotopic (exact) mass is 2350 g/mol. The first-order chi connectivity index (χ1) is 43.3. The van der Waals surface area contributed by atoms with Crippen molar-refractivity contribution in [3.05, 3.63) is 192 Å². The number of aromatic nitrogens is 4. The van der Waals surface area contributed by atoms with Crippen LogP contribution in [0, 0.1) is 172 Å². The Kier molecular flexibility index (Phi) is 65.3. The minimum Gasteiger partial charge on any atom is -0.465 e. The fourth-order valence-corrected chi connectivity index (χ4v) is 14.0. The van der Waals surface area contributed by atoms with Gasteiger partial charge in [0.2, 0.25) is 0 Å². The molecule has 19 atom stereocenters. The Bertz CT molecular complexity index is 2890. The van der Waals surface area contributed by atoms with E-state index in [0.29, 0.717) is 72.5 Å². The smallest absolute Gasteiger partial charge is 0.334 e. The average Bonchev–Trinajstić information content (AvgIpc) is 0.847. The summed E-state index contributed by atoms with van der Waals surface area (Å²) in [6, 6.07) is 26.3. The minimum absolute atomic E-state index is 0. The molecule has 0 aliphatic heterocycles. The molecule has 0 saturated heterocycles. The van der Waals surface area contributed by atoms with Crippen molar-refractivity contribution in [1.82, 2.24) is 19.9 Å². The summed E-state index contributed by atoms with van der Waals surface area (Å²) >= 11 is 0. The number of hydrogen-bond donors (Lipinski definition) is 1. The molecule has 99 heavy (non-hydrogen) atoms. The zero-order chi connectivity index (χ0) is 67.2. The molecule has 23 heteroatoms. The standard InChI is InChI=1S/C19H24NO2.C17H22NO.C17H20NO.C13H20O3.C10H15NO3P.4W.4Y/c1-13(2)17-10-11-19(22-15(4)21)14(3)18(17)9-8-16-7-5-6-12-20-16;2*1-12(2)15-9-10-17(19)13(3)16(15)8-7-14-6-4-5-11-18-14;1-8(2)11-5-6-13(16-10(4)15)9(3)12(11)7-14;1-3-13-15(12,14-4-2)9-10-7-5-6-8-11-10;;;;;;;;/h5,7-10,12-14,17-19H,1,11H2,2-4H3;4,6-9,11-13,15-17,19H,1,10H2,2-3H3;4,6-9,11-13,15-16H,1,10H2,2-3H3;5,7-9,11-13H,1,6H2,2-4H3;5,7-8H,3-4,9H2,1-2H3;;;;;;;;/q3*-3;-2;-1;;;;;;;;/b9-8+;2*8-7+;;;;;;;;;;/t13-,14+,17+,18+,19-;12-,13+,15+,16+,17-;12-,13+,15+,16+;8-,9+,11+,12+,13-;;;;;;;;;/m1111........./s1. The Morgan fingerprint density at radius 2 is 0.909 bits per heavy atom. The van der Waals surface area contributed by atoms with Gasteiger partial charge < -0.3 is 86.6 Å². The molecule has 4 aromatic rings. The average molecular weight is 2350 g/mol. The van der Waals surface area contributed by atoms with Gasteiger partial charge in [-0.15, -0.1) is 19.3 Å². The summed E-state index contributed by atoms with van der Waals surface area (Å²) in [5, 5.41) is 10.0. The molecule has 8 rings (SSSR count). The fourth-order valence-electron chi connectivity index (χ4n) is 12.3. The molecule has 4 aliphatic rings. The van der Waals surface area contributed by atoms with Crippen molar-refractivity contribution in [2.45, 2.75) is 133 Å². The van der Waals surface area contributed by atoms with E-state index in [1.165, 1.54) is 20.0 Å². The van der Waals surface area contributed by atoms with E-state index in [1.807, 2.05) is 75.4 Å². The number of aliphatic hydroxyl groups excluding tert-OH is 1. The first-order valence-electron chi connectivity index (χ1n) is 32.2. The second-order valence-electron chi connectivity index (χ2n) is 24.7. The number of Topliss-reactive ketones (excluding diaryl/α,β-unsaturated/α-hetero) is 1. The number of aldehydes is 1. The third-order valence-electron chi connectivity index (χ3n) is 17.5. The normalized spacial score (nSPS) is 26.5. The largest absolute Gasteiger partial charge is 0.465 e. The number of esters is 2. The quantitative estimate of drug-likeness (QED) is 0.0403. The summed E-state index contributed by atoms with van der Waals surface area (Å²) in [6.07, 6.45) is 31.4. The fraction of sp³-hybridized carbons (Fsp3) is 0.500. The van der Waals surface area contributed by atoms with Gasteiger partial charge in [0, 0.05) is 241 Å². The van der Waals surface area contributed by atoms with Gasteiger partial charge in [-0.1, -0.05) is 117 Å². The van der Waals surface area contributed by atoms with Crippen molar-refractivity contribution >= 4 is 49.8 Å². The van der Waals surface area contributed by atoms with Crippen LogP contribution in [-0.4, -0.2) is 80.6 Å². The Labute approximate surface area is 754 Å². The van der Waals surface area contributed by atoms with Gasteiger partial charge in [-0.2, -0.15) is 78.0 Å². The van der Waals surface area contributed by atoms with Gasteiger partial charge in [-0.25, -0.2) is 48.5 Å². The number of carbonyl (C=O) groups excluding carboxylic acids is 4. The number of allylic oxidation sites excluding steroid dienone is 3. The Morgan fingerprint density at radius 3 is 1.25 bits per heavy atom. The van der Waals surface area contributed by atoms with Crippen LogP contribution >= 0.6 is 7.60 Å². The molecular weight excluding hydrogens is 2250 g/mol. The molecule has 4 radical (unpaired) electrons. The summed E-state index contributed by atoms with van der Waals surface area (Å²) in [7, 11) is -3.02. The maximum atomic E-state index is 12.1. The number of ketones is 1. The van der Waals surface area contributed by atoms with Gasteiger partial charge in [0.15, 0.2) is 0 Å². The molecule has 0 spiro atoms. The van der Waals surface area contributed by atoms with Gasteiger partial charge in [-0.05, 0) is 78.0 Å². The van der Waals surface area contributed by atoms with Crippen molar-refractivity contribution in [1.29, 1.82) is 0 Å². The third-order valence-corrected chi connectivity index (χ3v) is 19.5. The molecule has 4 fully saturated rings. The van der Waals surface area contributed by atoms with E-state index in [1.54, 1.807) is 44.6 Å². The van der Waals surface area contributed by atoms with Crippen molar-refractivity contribution < 1.29 is 262 Å². The summed E-state index contributed by atoms with van der Waals surface area (Å²) in [5.41, 5.74) is 3.44. The van der Waals surface area contributed by atoms with E-state index in [0.717, 1.165) is 42.6 Å². The number of carbonyl (C=O) groups is 4. The molecule has 4 aromatic heterocycles. The van der Waals surface area contributed by atoms with E-state index in [9.17, 15) is 28.8 Å². The molecule has 0 bridgehead atoms. The van der Waals surface area contributed by atoms with E-state index in [2.05, 4.69) is 150 Å². The van der Waals surface area contributed by atoms with Crippen LogP contribution < -0.4 is 0 Å². The van der Waals surface area contributed by atoms with E-state index in [4.69, 9.17) is 18.5 Å². The molecular formula is C76H101N4O10PW4Y4-12. The van der Waals surface area contributed by atoms with Crippen molar-refractivity contribution in [3.63, 3.8) is 0 Å². The number of nitrogens with zero attached hydrogens (tertiary/aromatic N) is 4. The maximum absolute atomic E-state index is 12.1. The van der Waals surface area contributed by atoms with E-state index >= 15 is 0 Å². The zero-order valence-corrected chi connectivity index (χ0v) is 83.8. The topological polar surface area (TPSA) is 194 Å². The number of pyridine rings is 4. The van der Waals surface area contributed by atoms with Crippen molar-refractivity contribution in [2.24, 2.45) is 94.7 Å². The summed E-state index contributed by atoms with van der Waals surface area (Å²) in [5.74, 6) is 3.74. The Hall–Kier alpha value is 1.38. The molecule has 0 unspecified atom stereocenters. The van der Waals surface area contributed by atoms with Gasteiger partial charge in [0.1, 0.15) is 12.1 Å². The van der Waals surface area contributed by atoms with Gasteiger partial charge in [-0.3, -0.25) is 34.1 Å². The number of aliphatic hydroxyl groups is 1. The molecule has 4 saturated carbocycles. The van der Waals surface area contributed by atoms with Crippen LogP contribution in [0.5, 0.6) is 0 Å². The predicted molar refractivity (Wildman–Crippen MR) is 360 cm³/mol. The first kappa shape index (κ1) is 109. The maximum Gasteiger partial charge on any atom is 0.334 e. The van der Waals surface area contributed by atoms with Crippen LogP contribution in [0.4, 0.5) is 0 Å². The number of ether oxygens (including phenoxy) is 2. The Balaban J connectivity index is -0.000000367. The third kappa shape index (κ3) is 39.0. The molecule has 4 aliphatic carbocycles. The van der Waals surface area contributed by atoms with Crippen molar-refractivity contribution in [3.8, 4) is 0 Å². The van der Waals surface area contributed by atoms with Crippen LogP contribution in [0.1, 0.15) is 132 Å². The van der Waals surface area contributed by atoms with Crippen molar-refractivity contribution in [2.75, 3.05) is 13.2 Å². The SMILES string of the molecule is CCOP(=O)(Cc1cc[c-]cn1)OCC.[CH2-][C@H](C)[C@@H]1[CH-]CC(=O)[C@@H](C)[C@@H]1/C=C/c1cc[c-]cn1.[CH2-][C@H](C)[C@@H]1[CH-]C[C@@H](O)[C@@H](C)[C@@H]1/C=C/c1cc[c-]cn1.[CH2-][C@H](C)[C@@H]1[CH-]C[C@@H](OC(C)=O)[C@@H](C)[C@@H]1/C=C/c1cc[c-]cn1.[CH2-][C@H](C)[C@@H]1[CH-]C[C@@H](OC(C)=O)[C@@H](C)[C@@H]1C=O.[W].[W].[W].[W].[Y].[Y].[Y].[Y]. The number of hydrogen-bond acceptors (Lipinski definition) is 14. The second kappa shape index (κ2) is 59.3. The van der Waals surface area contributed by atoms with Gasteiger partial charge in [0.25, 0.3) is 0 Å².